The lowest BCUT2D eigenvalue weighted by Gasteiger charge is -2.12. The predicted octanol–water partition coefficient (Wildman–Crippen LogP) is 3.52. The third-order valence-electron chi connectivity index (χ3n) is 2.93. The molecule has 0 saturated carbocycles. The zero-order valence-electron chi connectivity index (χ0n) is 11.2. The molecule has 0 fully saturated rings. The van der Waals surface area contributed by atoms with Crippen LogP contribution in [0, 0.1) is 31.3 Å². The van der Waals surface area contributed by atoms with Crippen LogP contribution < -0.4 is 4.72 Å². The van der Waals surface area contributed by atoms with E-state index in [4.69, 9.17) is 0 Å². The van der Waals surface area contributed by atoms with Gasteiger partial charge in [-0.3, -0.25) is 4.72 Å². The van der Waals surface area contributed by atoms with Crippen molar-refractivity contribution in [1.82, 2.24) is 0 Å². The summed E-state index contributed by atoms with van der Waals surface area (Å²) in [7, 11) is -4.35. The summed E-state index contributed by atoms with van der Waals surface area (Å²) in [5.41, 5.74) is 1.66. The molecule has 0 aromatic heterocycles. The molecule has 0 amide bonds. The van der Waals surface area contributed by atoms with Crippen molar-refractivity contribution in [1.29, 1.82) is 0 Å². The van der Waals surface area contributed by atoms with Crippen LogP contribution in [0.5, 0.6) is 0 Å². The van der Waals surface area contributed by atoms with Gasteiger partial charge in [-0.05, 0) is 43.2 Å². The van der Waals surface area contributed by atoms with Crippen molar-refractivity contribution < 1.29 is 21.6 Å². The number of nitrogens with one attached hydrogen (secondary N) is 1. The van der Waals surface area contributed by atoms with Crippen molar-refractivity contribution in [3.05, 3.63) is 58.9 Å². The van der Waals surface area contributed by atoms with Gasteiger partial charge in [0.1, 0.15) is 4.90 Å². The Morgan fingerprint density at radius 2 is 1.62 bits per heavy atom. The Morgan fingerprint density at radius 3 is 2.29 bits per heavy atom. The van der Waals surface area contributed by atoms with E-state index in [-0.39, 0.29) is 5.69 Å². The van der Waals surface area contributed by atoms with Gasteiger partial charge in [0.25, 0.3) is 10.0 Å². The summed E-state index contributed by atoms with van der Waals surface area (Å²) in [6.45, 7) is 3.42. The van der Waals surface area contributed by atoms with Crippen LogP contribution in [0.25, 0.3) is 0 Å². The van der Waals surface area contributed by atoms with Gasteiger partial charge in [0, 0.05) is 0 Å². The average Bonchev–Trinajstić information content (AvgIpc) is 2.39. The van der Waals surface area contributed by atoms with E-state index >= 15 is 0 Å². The van der Waals surface area contributed by atoms with Crippen LogP contribution in [0.3, 0.4) is 0 Å². The van der Waals surface area contributed by atoms with Crippen molar-refractivity contribution in [2.75, 3.05) is 4.72 Å². The predicted molar refractivity (Wildman–Crippen MR) is 73.0 cm³/mol. The normalized spacial score (nSPS) is 11.5. The summed E-state index contributed by atoms with van der Waals surface area (Å²) in [6, 6.07) is 6.28. The molecule has 7 heteroatoms. The molecule has 0 saturated heterocycles. The molecule has 0 spiro atoms. The highest BCUT2D eigenvalue weighted by Crippen LogP contribution is 2.24. The highest BCUT2D eigenvalue weighted by Gasteiger charge is 2.24. The van der Waals surface area contributed by atoms with E-state index in [2.05, 4.69) is 4.72 Å². The second-order valence-corrected chi connectivity index (χ2v) is 6.25. The molecule has 1 N–H and O–H groups in total. The maximum Gasteiger partial charge on any atom is 0.264 e. The lowest BCUT2D eigenvalue weighted by atomic mass is 10.1. The van der Waals surface area contributed by atoms with Crippen molar-refractivity contribution in [3.63, 3.8) is 0 Å². The molecule has 0 aliphatic carbocycles. The van der Waals surface area contributed by atoms with Gasteiger partial charge in [-0.1, -0.05) is 12.1 Å². The van der Waals surface area contributed by atoms with Gasteiger partial charge in [0.05, 0.1) is 5.69 Å². The first-order valence-electron chi connectivity index (χ1n) is 5.96. The molecule has 2 rings (SSSR count). The van der Waals surface area contributed by atoms with E-state index in [0.717, 1.165) is 5.56 Å². The molecule has 0 unspecified atom stereocenters. The highest BCUT2D eigenvalue weighted by atomic mass is 32.2. The molecule has 2 aromatic rings. The second kappa shape index (κ2) is 5.40. The lowest BCUT2D eigenvalue weighted by molar-refractivity contribution is 0.432. The fourth-order valence-corrected chi connectivity index (χ4v) is 2.95. The number of aryl methyl sites for hydroxylation is 2. The number of halogens is 3. The highest BCUT2D eigenvalue weighted by molar-refractivity contribution is 7.92. The van der Waals surface area contributed by atoms with E-state index in [1.807, 2.05) is 0 Å². The molecular weight excluding hydrogens is 303 g/mol. The maximum atomic E-state index is 13.6. The van der Waals surface area contributed by atoms with Gasteiger partial charge in [0.2, 0.25) is 0 Å². The number of rotatable bonds is 3. The van der Waals surface area contributed by atoms with E-state index in [1.165, 1.54) is 0 Å². The standard InChI is InChI=1S/C14H12F3NO2S/c1-8-3-4-9(2)11(7-8)18-21(19,20)12-6-5-10(15)13(16)14(12)17/h3-7,18H,1-2H3. The Hall–Kier alpha value is -2.02. The summed E-state index contributed by atoms with van der Waals surface area (Å²) in [6.07, 6.45) is 0. The maximum absolute atomic E-state index is 13.6. The molecule has 0 radical (unpaired) electrons. The van der Waals surface area contributed by atoms with Crippen LogP contribution in [-0.2, 0) is 10.0 Å². The molecule has 0 aliphatic rings. The Balaban J connectivity index is 2.49. The minimum Gasteiger partial charge on any atom is -0.279 e. The van der Waals surface area contributed by atoms with Crippen LogP contribution >= 0.6 is 0 Å². The molecule has 0 bridgehead atoms. The SMILES string of the molecule is Cc1ccc(C)c(NS(=O)(=O)c2ccc(F)c(F)c2F)c1. The molecule has 21 heavy (non-hydrogen) atoms. The van der Waals surface area contributed by atoms with Gasteiger partial charge >= 0.3 is 0 Å². The number of hydrogen-bond donors (Lipinski definition) is 1. The summed E-state index contributed by atoms with van der Waals surface area (Å²) in [4.78, 5) is -0.942. The Kier molecular flexibility index (Phi) is 3.95. The first-order chi connectivity index (χ1) is 9.72. The fraction of sp³-hybridized carbons (Fsp3) is 0.143. The summed E-state index contributed by atoms with van der Waals surface area (Å²) < 4.78 is 66.0. The lowest BCUT2D eigenvalue weighted by Crippen LogP contribution is -2.16. The van der Waals surface area contributed by atoms with Gasteiger partial charge in [0.15, 0.2) is 17.5 Å². The molecule has 112 valence electrons. The average molecular weight is 315 g/mol. The monoisotopic (exact) mass is 315 g/mol. The van der Waals surface area contributed by atoms with E-state index < -0.39 is 32.4 Å². The minimum atomic E-state index is -4.35. The van der Waals surface area contributed by atoms with Crippen LogP contribution in [0.1, 0.15) is 11.1 Å². The van der Waals surface area contributed by atoms with Crippen LogP contribution in [-0.4, -0.2) is 8.42 Å². The Labute approximate surface area is 120 Å². The number of benzene rings is 2. The van der Waals surface area contributed by atoms with Crippen molar-refractivity contribution in [2.24, 2.45) is 0 Å². The first kappa shape index (κ1) is 15.4. The zero-order chi connectivity index (χ0) is 15.8. The Morgan fingerprint density at radius 1 is 0.952 bits per heavy atom. The van der Waals surface area contributed by atoms with Crippen molar-refractivity contribution in [2.45, 2.75) is 18.7 Å². The number of hydrogen-bond acceptors (Lipinski definition) is 2. The van der Waals surface area contributed by atoms with Crippen LogP contribution in [0.15, 0.2) is 35.2 Å². The summed E-state index contributed by atoms with van der Waals surface area (Å²) >= 11 is 0. The summed E-state index contributed by atoms with van der Waals surface area (Å²) in [5.74, 6) is -5.01. The number of anilines is 1. The van der Waals surface area contributed by atoms with Crippen molar-refractivity contribution >= 4 is 15.7 Å². The second-order valence-electron chi connectivity index (χ2n) is 4.60. The molecule has 0 heterocycles. The van der Waals surface area contributed by atoms with Gasteiger partial charge < -0.3 is 0 Å². The summed E-state index contributed by atoms with van der Waals surface area (Å²) in [5, 5.41) is 0. The number of sulfonamides is 1. The molecule has 2 aromatic carbocycles. The van der Waals surface area contributed by atoms with Crippen LogP contribution in [0.2, 0.25) is 0 Å². The molecule has 0 aliphatic heterocycles. The van der Waals surface area contributed by atoms with E-state index in [1.54, 1.807) is 32.0 Å². The molecule has 0 atom stereocenters. The van der Waals surface area contributed by atoms with Gasteiger partial charge in [-0.25, -0.2) is 21.6 Å². The Bertz CT molecular complexity index is 804. The minimum absolute atomic E-state index is 0.249. The van der Waals surface area contributed by atoms with Crippen LogP contribution in [0.4, 0.5) is 18.9 Å². The van der Waals surface area contributed by atoms with Gasteiger partial charge in [-0.15, -0.1) is 0 Å². The van der Waals surface area contributed by atoms with E-state index in [9.17, 15) is 21.6 Å². The quantitative estimate of drug-likeness (QED) is 0.881. The third kappa shape index (κ3) is 3.02. The smallest absolute Gasteiger partial charge is 0.264 e. The topological polar surface area (TPSA) is 46.2 Å². The zero-order valence-corrected chi connectivity index (χ0v) is 12.1. The third-order valence-corrected chi connectivity index (χ3v) is 4.31. The molecule has 3 nitrogen and oxygen atoms in total. The van der Waals surface area contributed by atoms with Crippen molar-refractivity contribution in [3.8, 4) is 0 Å². The van der Waals surface area contributed by atoms with Gasteiger partial charge in [-0.2, -0.15) is 0 Å². The fourth-order valence-electron chi connectivity index (χ4n) is 1.76. The molecular formula is C14H12F3NO2S. The largest absolute Gasteiger partial charge is 0.279 e. The van der Waals surface area contributed by atoms with E-state index in [0.29, 0.717) is 17.7 Å². The first-order valence-corrected chi connectivity index (χ1v) is 7.44.